The second-order valence-electron chi connectivity index (χ2n) is 10.4. The first-order chi connectivity index (χ1) is 18.1. The summed E-state index contributed by atoms with van der Waals surface area (Å²) >= 11 is 6.15. The highest BCUT2D eigenvalue weighted by atomic mass is 35.5. The maximum atomic E-state index is 15.3. The molecule has 2 N–H and O–H groups in total. The highest BCUT2D eigenvalue weighted by Crippen LogP contribution is 2.61. The predicted molar refractivity (Wildman–Crippen MR) is 137 cm³/mol. The van der Waals surface area contributed by atoms with E-state index in [1.165, 1.54) is 28.6 Å². The van der Waals surface area contributed by atoms with Gasteiger partial charge in [-0.05, 0) is 48.2 Å². The molecule has 6 rings (SSSR count). The van der Waals surface area contributed by atoms with Crippen LogP contribution in [0.15, 0.2) is 41.3 Å². The molecule has 4 heterocycles. The predicted octanol–water partition coefficient (Wildman–Crippen LogP) is 2.29. The van der Waals surface area contributed by atoms with Crippen LogP contribution in [0, 0.1) is 17.8 Å². The molecule has 13 heteroatoms. The fraction of sp³-hybridized carbons (Fsp3) is 0.520. The van der Waals surface area contributed by atoms with E-state index in [-0.39, 0.29) is 72.0 Å². The Morgan fingerprint density at radius 2 is 1.71 bits per heavy atom. The average molecular weight is 568 g/mol. The van der Waals surface area contributed by atoms with E-state index in [0.717, 1.165) is 0 Å². The Labute approximate surface area is 224 Å². The summed E-state index contributed by atoms with van der Waals surface area (Å²) in [6, 6.07) is 8.54. The summed E-state index contributed by atoms with van der Waals surface area (Å²) in [6.07, 6.45) is 0.265. The van der Waals surface area contributed by atoms with Crippen LogP contribution in [0.1, 0.15) is 12.0 Å². The Morgan fingerprint density at radius 3 is 2.32 bits per heavy atom. The fourth-order valence-corrected chi connectivity index (χ4v) is 7.52. The van der Waals surface area contributed by atoms with Crippen molar-refractivity contribution in [1.29, 1.82) is 0 Å². The number of hydrogen-bond donors (Lipinski definition) is 1. The minimum atomic E-state index is -3.78. The second-order valence-corrected chi connectivity index (χ2v) is 12.7. The largest absolute Gasteiger partial charge is 0.381 e. The summed E-state index contributed by atoms with van der Waals surface area (Å²) in [7, 11) is -3.78. The molecule has 38 heavy (non-hydrogen) atoms. The summed E-state index contributed by atoms with van der Waals surface area (Å²) in [5.74, 6) is -3.83. The number of alkyl halides is 2. The van der Waals surface area contributed by atoms with Crippen molar-refractivity contribution in [1.82, 2.24) is 9.29 Å². The number of hydrogen-bond acceptors (Lipinski definition) is 7. The molecule has 204 valence electrons. The number of carbonyl (C=O) groups is 1. The van der Waals surface area contributed by atoms with E-state index in [4.69, 9.17) is 22.1 Å². The number of anilines is 2. The first-order valence-corrected chi connectivity index (χ1v) is 14.4. The first kappa shape index (κ1) is 25.9. The van der Waals surface area contributed by atoms with Crippen LogP contribution in [0.2, 0.25) is 5.15 Å². The second kappa shape index (κ2) is 9.37. The summed E-state index contributed by atoms with van der Waals surface area (Å²) in [6.45, 7) is 1.99. The Balaban J connectivity index is 1.13. The van der Waals surface area contributed by atoms with Gasteiger partial charge in [-0.15, -0.1) is 0 Å². The number of halogens is 3. The van der Waals surface area contributed by atoms with E-state index >= 15 is 8.78 Å². The highest BCUT2D eigenvalue weighted by Gasteiger charge is 2.66. The number of pyridine rings is 1. The van der Waals surface area contributed by atoms with Crippen molar-refractivity contribution in [2.24, 2.45) is 23.5 Å². The smallest absolute Gasteiger partial charge is 0.276 e. The molecule has 4 aliphatic rings. The van der Waals surface area contributed by atoms with E-state index in [0.29, 0.717) is 31.3 Å². The van der Waals surface area contributed by atoms with Crippen LogP contribution < -0.4 is 15.5 Å². The molecule has 9 nitrogen and oxygen atoms in total. The van der Waals surface area contributed by atoms with Gasteiger partial charge in [0.25, 0.3) is 5.92 Å². The molecule has 1 amide bonds. The Morgan fingerprint density at radius 1 is 1.05 bits per heavy atom. The van der Waals surface area contributed by atoms with Gasteiger partial charge in [-0.2, -0.15) is 4.31 Å². The highest BCUT2D eigenvalue weighted by molar-refractivity contribution is 7.89. The number of piperazine rings is 1. The number of nitrogens with two attached hydrogens (primary N) is 1. The minimum Gasteiger partial charge on any atom is -0.381 e. The van der Waals surface area contributed by atoms with Crippen molar-refractivity contribution >= 4 is 39.0 Å². The summed E-state index contributed by atoms with van der Waals surface area (Å²) in [4.78, 5) is 19.8. The van der Waals surface area contributed by atoms with E-state index in [1.807, 2.05) is 0 Å². The lowest BCUT2D eigenvalue weighted by atomic mass is 10.0. The van der Waals surface area contributed by atoms with Crippen LogP contribution in [0.25, 0.3) is 0 Å². The number of rotatable bonds is 6. The van der Waals surface area contributed by atoms with Gasteiger partial charge < -0.3 is 20.3 Å². The zero-order chi connectivity index (χ0) is 26.8. The average Bonchev–Trinajstić information content (AvgIpc) is 3.20. The third kappa shape index (κ3) is 4.45. The topological polar surface area (TPSA) is 109 Å². The number of aromatic nitrogens is 1. The zero-order valence-corrected chi connectivity index (χ0v) is 22.0. The molecule has 3 saturated heterocycles. The molecule has 0 bridgehead atoms. The standard InChI is InChI=1S/C25H28ClF2N5O4S/c26-21-9-15(25(27,28)24-19-13-37-14-20(19)24)10-22(30-21)31-5-7-32(8-6-31)38(35,36)18-3-1-17(2-4-18)33-12-16(29)11-23(33)34/h1-4,9-10,16,19-20,24H,5-8,11-14,29H2. The molecule has 1 aromatic carbocycles. The molecule has 3 unspecified atom stereocenters. The third-order valence-corrected chi connectivity index (χ3v) is 10.1. The SMILES string of the molecule is NC1CC(=O)N(c2ccc(S(=O)(=O)N3CCN(c4cc(C(F)(F)C5C6COCC65)cc(Cl)n4)CC3)cc2)C1. The molecule has 0 radical (unpaired) electrons. The van der Waals surface area contributed by atoms with Crippen molar-refractivity contribution in [2.75, 3.05) is 55.7 Å². The van der Waals surface area contributed by atoms with Gasteiger partial charge >= 0.3 is 0 Å². The number of ether oxygens (including phenoxy) is 1. The lowest BCUT2D eigenvalue weighted by molar-refractivity contribution is -0.117. The monoisotopic (exact) mass is 567 g/mol. The number of amides is 1. The summed E-state index contributed by atoms with van der Waals surface area (Å²) < 4.78 is 63.7. The van der Waals surface area contributed by atoms with Crippen LogP contribution in [0.5, 0.6) is 0 Å². The van der Waals surface area contributed by atoms with Gasteiger partial charge in [0.05, 0.1) is 18.1 Å². The van der Waals surface area contributed by atoms with Crippen molar-refractivity contribution in [3.63, 3.8) is 0 Å². The molecule has 1 aromatic heterocycles. The number of fused-ring (bicyclic) bond motifs is 1. The third-order valence-electron chi connectivity index (χ3n) is 8.04. The van der Waals surface area contributed by atoms with Gasteiger partial charge in [-0.1, -0.05) is 11.6 Å². The summed E-state index contributed by atoms with van der Waals surface area (Å²) in [5.41, 5.74) is 6.29. The lowest BCUT2D eigenvalue weighted by Crippen LogP contribution is -2.49. The number of sulfonamides is 1. The van der Waals surface area contributed by atoms with E-state index in [9.17, 15) is 13.2 Å². The molecular formula is C25H28ClF2N5O4S. The molecule has 3 atom stereocenters. The van der Waals surface area contributed by atoms with E-state index in [1.54, 1.807) is 21.9 Å². The molecule has 1 saturated carbocycles. The van der Waals surface area contributed by atoms with Crippen molar-refractivity contribution in [3.05, 3.63) is 47.1 Å². The quantitative estimate of drug-likeness (QED) is 0.534. The fourth-order valence-electron chi connectivity index (χ4n) is 5.90. The number of carbonyl (C=O) groups excluding carboxylic acids is 1. The molecule has 3 aliphatic heterocycles. The van der Waals surface area contributed by atoms with Gasteiger partial charge in [0, 0.05) is 62.4 Å². The van der Waals surface area contributed by atoms with Crippen LogP contribution >= 0.6 is 11.6 Å². The molecule has 4 fully saturated rings. The molecule has 1 aliphatic carbocycles. The van der Waals surface area contributed by atoms with Gasteiger partial charge in [0.15, 0.2) is 0 Å². The van der Waals surface area contributed by atoms with Crippen LogP contribution in [0.4, 0.5) is 20.3 Å². The molecule has 2 aromatic rings. The Hall–Kier alpha value is -2.38. The van der Waals surface area contributed by atoms with Crippen LogP contribution in [-0.2, 0) is 25.5 Å². The zero-order valence-electron chi connectivity index (χ0n) is 20.5. The van der Waals surface area contributed by atoms with Gasteiger partial charge in [-0.25, -0.2) is 22.2 Å². The first-order valence-electron chi connectivity index (χ1n) is 12.6. The maximum absolute atomic E-state index is 15.3. The van der Waals surface area contributed by atoms with Crippen molar-refractivity contribution < 1.29 is 26.7 Å². The Kier molecular flexibility index (Phi) is 6.38. The maximum Gasteiger partial charge on any atom is 0.276 e. The van der Waals surface area contributed by atoms with Crippen molar-refractivity contribution in [3.8, 4) is 0 Å². The Bertz CT molecular complexity index is 1340. The lowest BCUT2D eigenvalue weighted by Gasteiger charge is -2.35. The van der Waals surface area contributed by atoms with Gasteiger partial charge in [-0.3, -0.25) is 4.79 Å². The minimum absolute atomic E-state index is 0.0215. The van der Waals surface area contributed by atoms with E-state index < -0.39 is 21.9 Å². The number of benzene rings is 1. The van der Waals surface area contributed by atoms with Gasteiger partial charge in [0.2, 0.25) is 15.9 Å². The van der Waals surface area contributed by atoms with Crippen molar-refractivity contribution in [2.45, 2.75) is 23.3 Å². The molecule has 0 spiro atoms. The summed E-state index contributed by atoms with van der Waals surface area (Å²) in [5, 5.41) is -0.0215. The number of nitrogens with zero attached hydrogens (tertiary/aromatic N) is 4. The van der Waals surface area contributed by atoms with E-state index in [2.05, 4.69) is 4.98 Å². The van der Waals surface area contributed by atoms with Crippen LogP contribution in [-0.4, -0.2) is 75.6 Å². The van der Waals surface area contributed by atoms with Crippen LogP contribution in [0.3, 0.4) is 0 Å². The normalized spacial score (nSPS) is 28.2. The molecular weight excluding hydrogens is 540 g/mol. The van der Waals surface area contributed by atoms with Gasteiger partial charge in [0.1, 0.15) is 11.0 Å².